The number of nitrogens with one attached hydrogen (secondary N) is 1. The maximum atomic E-state index is 12.2. The van der Waals surface area contributed by atoms with Crippen LogP contribution >= 0.6 is 0 Å². The number of carbonyl (C=O) groups is 2. The molecule has 4 heterocycles. The molecule has 0 spiro atoms. The van der Waals surface area contributed by atoms with Crippen molar-refractivity contribution in [3.05, 3.63) is 12.2 Å². The van der Waals surface area contributed by atoms with Gasteiger partial charge in [0.25, 0.3) is 0 Å². The molecule has 2 amide bonds. The topological polar surface area (TPSA) is 178 Å². The second-order valence-corrected chi connectivity index (χ2v) is 9.76. The van der Waals surface area contributed by atoms with E-state index in [1.54, 1.807) is 4.90 Å². The number of piperidine rings is 1. The molecule has 0 radical (unpaired) electrons. The van der Waals surface area contributed by atoms with E-state index in [-0.39, 0.29) is 36.1 Å². The van der Waals surface area contributed by atoms with Crippen LogP contribution in [0.25, 0.3) is 11.2 Å². The quantitative estimate of drug-likeness (QED) is 0.395. The third kappa shape index (κ3) is 5.46. The van der Waals surface area contributed by atoms with Crippen LogP contribution in [0.1, 0.15) is 50.6 Å². The van der Waals surface area contributed by atoms with E-state index in [0.29, 0.717) is 36.6 Å². The minimum Gasteiger partial charge on any atom is -0.453 e. The first-order valence-electron chi connectivity index (χ1n) is 12.5. The maximum absolute atomic E-state index is 12.2. The van der Waals surface area contributed by atoms with Gasteiger partial charge in [0.2, 0.25) is 11.7 Å². The normalized spacial score (nSPS) is 26.1. The van der Waals surface area contributed by atoms with Crippen LogP contribution in [0, 0.1) is 17.8 Å². The number of aliphatic hydroxyl groups is 2. The lowest BCUT2D eigenvalue weighted by Gasteiger charge is -2.29. The lowest BCUT2D eigenvalue weighted by atomic mass is 9.94. The maximum Gasteiger partial charge on any atom is 0.409 e. The minimum absolute atomic E-state index is 0.0652. The highest BCUT2D eigenvalue weighted by molar-refractivity contribution is 5.82. The summed E-state index contributed by atoms with van der Waals surface area (Å²) in [5.41, 5.74) is 6.73. The van der Waals surface area contributed by atoms with Crippen molar-refractivity contribution in [1.82, 2.24) is 29.7 Å². The Hall–Kier alpha value is -3.47. The number of methoxy groups -OCH3 is 1. The van der Waals surface area contributed by atoms with Crippen molar-refractivity contribution in [2.45, 2.75) is 69.1 Å². The average Bonchev–Trinajstić information content (AvgIpc) is 3.53. The Bertz CT molecular complexity index is 1230. The van der Waals surface area contributed by atoms with Crippen molar-refractivity contribution >= 4 is 29.0 Å². The van der Waals surface area contributed by atoms with E-state index >= 15 is 0 Å². The molecular weight excluding hydrogens is 482 g/mol. The number of amides is 2. The number of aromatic nitrogens is 4. The molecule has 0 bridgehead atoms. The monoisotopic (exact) mass is 513 g/mol. The van der Waals surface area contributed by atoms with Gasteiger partial charge in [-0.3, -0.25) is 9.36 Å². The van der Waals surface area contributed by atoms with Gasteiger partial charge in [0, 0.05) is 25.6 Å². The number of ether oxygens (including phenoxy) is 2. The first-order chi connectivity index (χ1) is 17.8. The van der Waals surface area contributed by atoms with E-state index < -0.39 is 24.5 Å². The number of anilines is 1. The summed E-state index contributed by atoms with van der Waals surface area (Å²) >= 11 is 0. The molecule has 1 aliphatic carbocycles. The summed E-state index contributed by atoms with van der Waals surface area (Å²) in [6.07, 6.45) is 0.796. The minimum atomic E-state index is -1.29. The molecule has 2 aromatic rings. The molecular formula is C24H31N7O6. The third-order valence-corrected chi connectivity index (χ3v) is 7.03. The Morgan fingerprint density at radius 2 is 1.97 bits per heavy atom. The number of imidazole rings is 1. The van der Waals surface area contributed by atoms with E-state index in [1.165, 1.54) is 18.0 Å². The lowest BCUT2D eigenvalue weighted by molar-refractivity contribution is -0.125. The van der Waals surface area contributed by atoms with Crippen LogP contribution in [-0.2, 0) is 14.3 Å². The summed E-state index contributed by atoms with van der Waals surface area (Å²) in [6, 6.07) is 0.191. The molecule has 3 fully saturated rings. The average molecular weight is 514 g/mol. The number of nitrogen functional groups attached to an aromatic ring is 1. The van der Waals surface area contributed by atoms with Crippen LogP contribution in [0.2, 0.25) is 0 Å². The number of nitrogens with zero attached hydrogens (tertiary/aromatic N) is 5. The summed E-state index contributed by atoms with van der Waals surface area (Å²) in [5, 5.41) is 24.0. The number of carbonyl (C=O) groups excluding carboxylic acids is 2. The summed E-state index contributed by atoms with van der Waals surface area (Å²) in [4.78, 5) is 38.5. The van der Waals surface area contributed by atoms with Gasteiger partial charge in [0.05, 0.1) is 26.0 Å². The van der Waals surface area contributed by atoms with Gasteiger partial charge in [-0.05, 0) is 37.5 Å². The number of aliphatic hydroxyl groups excluding tert-OH is 2. The van der Waals surface area contributed by atoms with E-state index in [0.717, 1.165) is 25.7 Å². The fourth-order valence-electron chi connectivity index (χ4n) is 4.73. The highest BCUT2D eigenvalue weighted by Gasteiger charge is 2.45. The Labute approximate surface area is 213 Å². The molecule has 2 saturated heterocycles. The van der Waals surface area contributed by atoms with Crippen molar-refractivity contribution in [2.75, 3.05) is 25.9 Å². The van der Waals surface area contributed by atoms with E-state index in [2.05, 4.69) is 32.1 Å². The Morgan fingerprint density at radius 1 is 1.22 bits per heavy atom. The fraction of sp³-hybridized carbons (Fsp3) is 0.625. The third-order valence-electron chi connectivity index (χ3n) is 7.03. The summed E-state index contributed by atoms with van der Waals surface area (Å²) in [5.74, 6) is 6.51. The van der Waals surface area contributed by atoms with Crippen LogP contribution in [0.4, 0.5) is 10.6 Å². The first-order valence-corrected chi connectivity index (χ1v) is 12.5. The molecule has 2 aromatic heterocycles. The van der Waals surface area contributed by atoms with Crippen molar-refractivity contribution in [3.8, 4) is 11.8 Å². The molecule has 0 aromatic carbocycles. The standard InChI is InChI=1S/C24H31N7O6/c1-36-24(35)30-9-7-13(8-10-30)3-2-4-16-28-21(25)18-22(29-16)31(12-26-18)23-20(34)19(33)15(37-23)11-17(32)27-14-5-6-14/h12-15,19-20,23,33-34H,3,5-11H2,1H3,(H,27,32)(H2,25,28,29). The molecule has 5 N–H and O–H groups in total. The molecule has 5 rings (SSSR count). The van der Waals surface area contributed by atoms with Crippen LogP contribution in [-0.4, -0.2) is 91.2 Å². The molecule has 4 atom stereocenters. The molecule has 198 valence electrons. The lowest BCUT2D eigenvalue weighted by Crippen LogP contribution is -2.38. The van der Waals surface area contributed by atoms with Crippen molar-refractivity contribution in [3.63, 3.8) is 0 Å². The zero-order chi connectivity index (χ0) is 26.1. The summed E-state index contributed by atoms with van der Waals surface area (Å²) in [6.45, 7) is 1.26. The number of hydrogen-bond acceptors (Lipinski definition) is 10. The molecule has 37 heavy (non-hydrogen) atoms. The van der Waals surface area contributed by atoms with Crippen LogP contribution in [0.5, 0.6) is 0 Å². The number of hydrogen-bond donors (Lipinski definition) is 4. The molecule has 1 saturated carbocycles. The number of nitrogens with two attached hydrogens (primary N) is 1. The Kier molecular flexibility index (Phi) is 7.14. The summed E-state index contributed by atoms with van der Waals surface area (Å²) < 4.78 is 12.1. The van der Waals surface area contributed by atoms with E-state index in [9.17, 15) is 19.8 Å². The van der Waals surface area contributed by atoms with Crippen LogP contribution in [0.15, 0.2) is 6.33 Å². The van der Waals surface area contributed by atoms with Gasteiger partial charge in [-0.25, -0.2) is 19.7 Å². The predicted molar refractivity (Wildman–Crippen MR) is 130 cm³/mol. The number of rotatable bonds is 5. The molecule has 13 nitrogen and oxygen atoms in total. The summed E-state index contributed by atoms with van der Waals surface area (Å²) in [7, 11) is 1.38. The molecule has 2 aliphatic heterocycles. The fourth-order valence-corrected chi connectivity index (χ4v) is 4.73. The second-order valence-electron chi connectivity index (χ2n) is 9.76. The van der Waals surface area contributed by atoms with Gasteiger partial charge in [-0.1, -0.05) is 5.92 Å². The van der Waals surface area contributed by atoms with Crippen molar-refractivity contribution < 1.29 is 29.3 Å². The second kappa shape index (κ2) is 10.5. The zero-order valence-electron chi connectivity index (χ0n) is 20.5. The van der Waals surface area contributed by atoms with Crippen LogP contribution < -0.4 is 11.1 Å². The number of fused-ring (bicyclic) bond motifs is 1. The van der Waals surface area contributed by atoms with Gasteiger partial charge in [0.15, 0.2) is 17.7 Å². The Balaban J connectivity index is 1.27. The molecule has 3 aliphatic rings. The van der Waals surface area contributed by atoms with Gasteiger partial charge in [-0.2, -0.15) is 0 Å². The first kappa shape index (κ1) is 25.2. The van der Waals surface area contributed by atoms with Gasteiger partial charge < -0.3 is 35.6 Å². The van der Waals surface area contributed by atoms with Gasteiger partial charge >= 0.3 is 6.09 Å². The number of likely N-dealkylation sites (tertiary alicyclic amines) is 1. The molecule has 13 heteroatoms. The Morgan fingerprint density at radius 3 is 2.68 bits per heavy atom. The smallest absolute Gasteiger partial charge is 0.409 e. The zero-order valence-corrected chi connectivity index (χ0v) is 20.5. The highest BCUT2D eigenvalue weighted by atomic mass is 16.6. The van der Waals surface area contributed by atoms with Crippen molar-refractivity contribution in [2.24, 2.45) is 5.92 Å². The highest BCUT2D eigenvalue weighted by Crippen LogP contribution is 2.33. The SMILES string of the molecule is COC(=O)N1CCC(CC#Cc2nc(N)c3ncn(C4OC(CC(=O)NC5CC5)C(O)C4O)c3n2)CC1. The van der Waals surface area contributed by atoms with Gasteiger partial charge in [0.1, 0.15) is 17.7 Å². The van der Waals surface area contributed by atoms with Gasteiger partial charge in [-0.15, -0.1) is 0 Å². The van der Waals surface area contributed by atoms with E-state index in [1.807, 2.05) is 0 Å². The molecule has 4 unspecified atom stereocenters. The van der Waals surface area contributed by atoms with E-state index in [4.69, 9.17) is 15.2 Å². The van der Waals surface area contributed by atoms with Crippen molar-refractivity contribution in [1.29, 1.82) is 0 Å². The van der Waals surface area contributed by atoms with Crippen LogP contribution in [0.3, 0.4) is 0 Å². The predicted octanol–water partition coefficient (Wildman–Crippen LogP) is -0.0836. The largest absolute Gasteiger partial charge is 0.453 e.